The van der Waals surface area contributed by atoms with Crippen LogP contribution in [0.15, 0.2) is 29.2 Å². The van der Waals surface area contributed by atoms with Crippen molar-refractivity contribution < 1.29 is 17.9 Å². The zero-order chi connectivity index (χ0) is 15.3. The first-order valence-electron chi connectivity index (χ1n) is 6.39. The summed E-state index contributed by atoms with van der Waals surface area (Å²) in [5, 5.41) is 11.0. The minimum atomic E-state index is -3.70. The van der Waals surface area contributed by atoms with Crippen molar-refractivity contribution in [3.63, 3.8) is 0 Å². The van der Waals surface area contributed by atoms with Crippen molar-refractivity contribution in [2.45, 2.75) is 11.3 Å². The smallest absolute Gasteiger partial charge is 0.245 e. The average molecular weight is 309 g/mol. The van der Waals surface area contributed by atoms with Crippen LogP contribution >= 0.6 is 0 Å². The molecular formula is C13H15N3O4S. The molecule has 0 radical (unpaired) electrons. The Morgan fingerprint density at radius 2 is 2.00 bits per heavy atom. The fourth-order valence-corrected chi connectivity index (χ4v) is 3.54. The molecule has 0 atom stereocenters. The van der Waals surface area contributed by atoms with Crippen molar-refractivity contribution in [3.05, 3.63) is 24.3 Å². The molecule has 1 aromatic carbocycles. The second-order valence-electron chi connectivity index (χ2n) is 4.40. The average Bonchev–Trinajstić information content (AvgIpc) is 2.49. The van der Waals surface area contributed by atoms with Crippen molar-refractivity contribution in [2.24, 2.45) is 0 Å². The van der Waals surface area contributed by atoms with E-state index in [-0.39, 0.29) is 30.1 Å². The van der Waals surface area contributed by atoms with Crippen LogP contribution in [0.4, 0.5) is 5.69 Å². The molecule has 0 saturated carbocycles. The van der Waals surface area contributed by atoms with Crippen LogP contribution in [0.5, 0.6) is 0 Å². The summed E-state index contributed by atoms with van der Waals surface area (Å²) < 4.78 is 31.7. The van der Waals surface area contributed by atoms with E-state index in [1.165, 1.54) is 16.4 Å². The summed E-state index contributed by atoms with van der Waals surface area (Å²) >= 11 is 0. The molecule has 1 heterocycles. The monoisotopic (exact) mass is 309 g/mol. The van der Waals surface area contributed by atoms with E-state index in [1.807, 2.05) is 0 Å². The van der Waals surface area contributed by atoms with Gasteiger partial charge in [0.05, 0.1) is 25.0 Å². The number of rotatable bonds is 4. The van der Waals surface area contributed by atoms with Crippen molar-refractivity contribution in [3.8, 4) is 6.07 Å². The van der Waals surface area contributed by atoms with Crippen LogP contribution < -0.4 is 5.32 Å². The molecule has 2 rings (SSSR count). The number of sulfonamides is 1. The number of benzene rings is 1. The molecule has 112 valence electrons. The van der Waals surface area contributed by atoms with Gasteiger partial charge in [0, 0.05) is 13.1 Å². The summed E-state index contributed by atoms with van der Waals surface area (Å²) in [7, 11) is -3.70. The minimum absolute atomic E-state index is 0.0261. The zero-order valence-electron chi connectivity index (χ0n) is 11.3. The number of nitriles is 1. The first-order chi connectivity index (χ1) is 10.1. The molecule has 0 spiro atoms. The Balaban J connectivity index is 2.30. The summed E-state index contributed by atoms with van der Waals surface area (Å²) in [5.41, 5.74) is 0.184. The predicted molar refractivity (Wildman–Crippen MR) is 74.9 cm³/mol. The van der Waals surface area contributed by atoms with Crippen molar-refractivity contribution >= 4 is 21.6 Å². The molecule has 0 unspecified atom stereocenters. The molecule has 0 aliphatic carbocycles. The molecule has 0 aromatic heterocycles. The Morgan fingerprint density at radius 3 is 2.67 bits per heavy atom. The number of nitrogens with one attached hydrogen (secondary N) is 1. The number of hydrogen-bond acceptors (Lipinski definition) is 5. The molecule has 8 heteroatoms. The number of carbonyl (C=O) groups excluding carboxylic acids is 1. The lowest BCUT2D eigenvalue weighted by atomic mass is 10.3. The summed E-state index contributed by atoms with van der Waals surface area (Å²) in [6.07, 6.45) is -0.327. The van der Waals surface area contributed by atoms with Gasteiger partial charge >= 0.3 is 0 Å². The Labute approximate surface area is 123 Å². The van der Waals surface area contributed by atoms with Gasteiger partial charge in [0.1, 0.15) is 11.3 Å². The second-order valence-corrected chi connectivity index (χ2v) is 6.30. The van der Waals surface area contributed by atoms with Crippen molar-refractivity contribution in [1.29, 1.82) is 5.26 Å². The van der Waals surface area contributed by atoms with Crippen LogP contribution in [0.25, 0.3) is 0 Å². The third kappa shape index (κ3) is 3.58. The van der Waals surface area contributed by atoms with Gasteiger partial charge in [-0.2, -0.15) is 9.57 Å². The van der Waals surface area contributed by atoms with Crippen LogP contribution in [0.3, 0.4) is 0 Å². The van der Waals surface area contributed by atoms with E-state index in [0.29, 0.717) is 13.2 Å². The highest BCUT2D eigenvalue weighted by Gasteiger charge is 2.28. The van der Waals surface area contributed by atoms with Crippen LogP contribution in [-0.4, -0.2) is 44.9 Å². The topological polar surface area (TPSA) is 99.5 Å². The van der Waals surface area contributed by atoms with Crippen LogP contribution in [0.2, 0.25) is 0 Å². The van der Waals surface area contributed by atoms with E-state index >= 15 is 0 Å². The molecule has 21 heavy (non-hydrogen) atoms. The molecule has 1 fully saturated rings. The van der Waals surface area contributed by atoms with Gasteiger partial charge in [0.25, 0.3) is 0 Å². The number of carbonyl (C=O) groups is 1. The highest BCUT2D eigenvalue weighted by atomic mass is 32.2. The van der Waals surface area contributed by atoms with Crippen molar-refractivity contribution in [1.82, 2.24) is 4.31 Å². The van der Waals surface area contributed by atoms with Crippen LogP contribution in [0.1, 0.15) is 6.42 Å². The summed E-state index contributed by atoms with van der Waals surface area (Å²) in [6.45, 7) is 1.26. The zero-order valence-corrected chi connectivity index (χ0v) is 12.1. The molecular weight excluding hydrogens is 294 g/mol. The number of hydrogen-bond donors (Lipinski definition) is 1. The van der Waals surface area contributed by atoms with Gasteiger partial charge in [-0.15, -0.1) is 0 Å². The SMILES string of the molecule is N#CCC(=O)Nc1ccccc1S(=O)(=O)N1CCOCC1. The van der Waals surface area contributed by atoms with E-state index in [2.05, 4.69) is 5.32 Å². The van der Waals surface area contributed by atoms with Gasteiger partial charge in [-0.05, 0) is 12.1 Å². The molecule has 1 N–H and O–H groups in total. The maximum absolute atomic E-state index is 12.6. The Kier molecular flexibility index (Phi) is 4.90. The predicted octanol–water partition coefficient (Wildman–Crippen LogP) is 0.560. The Bertz CT molecular complexity index is 660. The van der Waals surface area contributed by atoms with E-state index in [9.17, 15) is 13.2 Å². The van der Waals surface area contributed by atoms with Crippen LogP contribution in [0, 0.1) is 11.3 Å². The molecule has 7 nitrogen and oxygen atoms in total. The number of anilines is 1. The molecule has 1 aliphatic heterocycles. The highest BCUT2D eigenvalue weighted by molar-refractivity contribution is 7.89. The lowest BCUT2D eigenvalue weighted by molar-refractivity contribution is -0.115. The molecule has 1 aromatic rings. The third-order valence-electron chi connectivity index (χ3n) is 2.99. The minimum Gasteiger partial charge on any atom is -0.379 e. The second kappa shape index (κ2) is 6.67. The summed E-state index contributed by atoms with van der Waals surface area (Å²) in [5.74, 6) is -0.540. The van der Waals surface area contributed by atoms with Gasteiger partial charge in [-0.1, -0.05) is 12.1 Å². The number of ether oxygens (including phenoxy) is 1. The van der Waals surface area contributed by atoms with Gasteiger partial charge in [-0.25, -0.2) is 8.42 Å². The quantitative estimate of drug-likeness (QED) is 0.876. The maximum atomic E-state index is 12.6. The van der Waals surface area contributed by atoms with E-state index < -0.39 is 15.9 Å². The number of para-hydroxylation sites is 1. The van der Waals surface area contributed by atoms with Gasteiger partial charge in [0.15, 0.2) is 0 Å². The van der Waals surface area contributed by atoms with Crippen LogP contribution in [-0.2, 0) is 19.6 Å². The lowest BCUT2D eigenvalue weighted by Crippen LogP contribution is -2.40. The number of morpholine rings is 1. The van der Waals surface area contributed by atoms with Gasteiger partial charge in [0.2, 0.25) is 15.9 Å². The molecule has 1 saturated heterocycles. The lowest BCUT2D eigenvalue weighted by Gasteiger charge is -2.26. The molecule has 1 aliphatic rings. The number of amides is 1. The molecule has 0 bridgehead atoms. The first-order valence-corrected chi connectivity index (χ1v) is 7.83. The first kappa shape index (κ1) is 15.4. The number of nitrogens with zero attached hydrogens (tertiary/aromatic N) is 2. The Hall–Kier alpha value is -1.95. The van der Waals surface area contributed by atoms with Gasteiger partial charge in [-0.3, -0.25) is 4.79 Å². The third-order valence-corrected chi connectivity index (χ3v) is 4.95. The summed E-state index contributed by atoms with van der Waals surface area (Å²) in [4.78, 5) is 11.5. The maximum Gasteiger partial charge on any atom is 0.245 e. The van der Waals surface area contributed by atoms with E-state index in [4.69, 9.17) is 10.00 Å². The highest BCUT2D eigenvalue weighted by Crippen LogP contribution is 2.25. The van der Waals surface area contributed by atoms with E-state index in [1.54, 1.807) is 18.2 Å². The van der Waals surface area contributed by atoms with E-state index in [0.717, 1.165) is 0 Å². The van der Waals surface area contributed by atoms with Crippen molar-refractivity contribution in [2.75, 3.05) is 31.6 Å². The standard InChI is InChI=1S/C13H15N3O4S/c14-6-5-13(17)15-11-3-1-2-4-12(11)21(18,19)16-7-9-20-10-8-16/h1-4H,5,7-10H2,(H,15,17). The Morgan fingerprint density at radius 1 is 1.33 bits per heavy atom. The normalized spacial score (nSPS) is 16.1. The van der Waals surface area contributed by atoms with Gasteiger partial charge < -0.3 is 10.1 Å². The largest absolute Gasteiger partial charge is 0.379 e. The fraction of sp³-hybridized carbons (Fsp3) is 0.385. The fourth-order valence-electron chi connectivity index (χ4n) is 1.99. The summed E-state index contributed by atoms with van der Waals surface area (Å²) in [6, 6.07) is 7.88. The molecule has 1 amide bonds.